The predicted molar refractivity (Wildman–Crippen MR) is 104 cm³/mol. The first-order valence-electron chi connectivity index (χ1n) is 8.35. The van der Waals surface area contributed by atoms with E-state index in [4.69, 9.17) is 4.74 Å². The maximum Gasteiger partial charge on any atom is 0.257 e. The lowest BCUT2D eigenvalue weighted by molar-refractivity contribution is 0.0774. The second kappa shape index (κ2) is 8.14. The number of carbonyl (C=O) groups is 1. The molecule has 1 saturated carbocycles. The normalized spacial score (nSPS) is 23.1. The third-order valence-corrected chi connectivity index (χ3v) is 6.46. The Morgan fingerprint density at radius 2 is 2.16 bits per heavy atom. The zero-order valence-corrected chi connectivity index (χ0v) is 16.4. The van der Waals surface area contributed by atoms with Crippen LogP contribution in [0.4, 0.5) is 5.00 Å². The first-order valence-corrected chi connectivity index (χ1v) is 10.0. The number of amides is 1. The Morgan fingerprint density at radius 1 is 1.36 bits per heavy atom. The fourth-order valence-electron chi connectivity index (χ4n) is 3.13. The lowest BCUT2D eigenvalue weighted by atomic mass is 10.1. The van der Waals surface area contributed by atoms with E-state index in [1.807, 2.05) is 18.4 Å². The number of rotatable bonds is 5. The monoisotopic (exact) mass is 399 g/mol. The van der Waals surface area contributed by atoms with Crippen LogP contribution in [-0.4, -0.2) is 36.2 Å². The summed E-state index contributed by atoms with van der Waals surface area (Å²) in [5.74, 6) is 0.515. The zero-order valence-electron chi connectivity index (χ0n) is 14.0. The molecule has 5 nitrogen and oxygen atoms in total. The number of carbonyl (C=O) groups excluding carboxylic acids is 1. The summed E-state index contributed by atoms with van der Waals surface area (Å²) in [5.41, 5.74) is 0.748. The van der Waals surface area contributed by atoms with E-state index in [-0.39, 0.29) is 18.3 Å². The molecule has 1 saturated heterocycles. The minimum absolute atomic E-state index is 0. The molecule has 0 bridgehead atoms. The van der Waals surface area contributed by atoms with Crippen molar-refractivity contribution in [1.82, 2.24) is 10.3 Å². The van der Waals surface area contributed by atoms with Crippen LogP contribution in [0.25, 0.3) is 0 Å². The van der Waals surface area contributed by atoms with Crippen LogP contribution >= 0.6 is 35.1 Å². The van der Waals surface area contributed by atoms with Gasteiger partial charge in [-0.3, -0.25) is 4.79 Å². The van der Waals surface area contributed by atoms with Crippen molar-refractivity contribution < 1.29 is 9.53 Å². The molecule has 2 aromatic heterocycles. The average molecular weight is 400 g/mol. The Balaban J connectivity index is 0.00000182. The van der Waals surface area contributed by atoms with Gasteiger partial charge in [0.25, 0.3) is 5.91 Å². The molecular formula is C17H22ClN3O2S2. The van der Waals surface area contributed by atoms with Crippen LogP contribution in [-0.2, 0) is 4.74 Å². The molecule has 2 N–H and O–H groups in total. The van der Waals surface area contributed by atoms with Crippen molar-refractivity contribution in [2.75, 3.05) is 18.5 Å². The van der Waals surface area contributed by atoms with Crippen LogP contribution in [0.5, 0.6) is 0 Å². The van der Waals surface area contributed by atoms with E-state index >= 15 is 0 Å². The van der Waals surface area contributed by atoms with Gasteiger partial charge in [0.2, 0.25) is 0 Å². The highest BCUT2D eigenvalue weighted by Gasteiger charge is 2.40. The summed E-state index contributed by atoms with van der Waals surface area (Å²) in [6.45, 7) is 3.67. The molecule has 0 radical (unpaired) electrons. The molecular weight excluding hydrogens is 378 g/mol. The summed E-state index contributed by atoms with van der Waals surface area (Å²) in [5, 5.41) is 10.4. The number of thiophene rings is 1. The van der Waals surface area contributed by atoms with Crippen molar-refractivity contribution in [3.63, 3.8) is 0 Å². The van der Waals surface area contributed by atoms with Gasteiger partial charge in [0.1, 0.15) is 5.00 Å². The Morgan fingerprint density at radius 3 is 2.88 bits per heavy atom. The van der Waals surface area contributed by atoms with Gasteiger partial charge in [0.05, 0.1) is 16.8 Å². The molecule has 1 amide bonds. The fourth-order valence-corrected chi connectivity index (χ4v) is 4.87. The average Bonchev–Trinajstić information content (AvgIpc) is 2.97. The second-order valence-electron chi connectivity index (χ2n) is 6.44. The number of nitrogens with one attached hydrogen (secondary N) is 2. The molecule has 2 atom stereocenters. The predicted octanol–water partition coefficient (Wildman–Crippen LogP) is 3.81. The molecule has 25 heavy (non-hydrogen) atoms. The van der Waals surface area contributed by atoms with Gasteiger partial charge in [-0.25, -0.2) is 4.98 Å². The fraction of sp³-hybridized carbons (Fsp3) is 0.529. The lowest BCUT2D eigenvalue weighted by Gasteiger charge is -2.23. The molecule has 2 aromatic rings. The number of hydrogen-bond acceptors (Lipinski definition) is 6. The molecule has 4 rings (SSSR count). The van der Waals surface area contributed by atoms with E-state index < -0.39 is 0 Å². The molecule has 0 spiro atoms. The third-order valence-electron chi connectivity index (χ3n) is 4.57. The number of aryl methyl sites for hydroxylation is 1. The second-order valence-corrected chi connectivity index (χ2v) is 8.61. The van der Waals surface area contributed by atoms with Gasteiger partial charge in [0.15, 0.2) is 0 Å². The summed E-state index contributed by atoms with van der Waals surface area (Å²) >= 11 is 3.19. The van der Waals surface area contributed by atoms with E-state index in [1.165, 1.54) is 22.6 Å². The molecule has 2 fully saturated rings. The zero-order chi connectivity index (χ0) is 16.5. The Labute approximate surface area is 161 Å². The molecule has 8 heteroatoms. The van der Waals surface area contributed by atoms with Crippen LogP contribution in [0.1, 0.15) is 45.4 Å². The molecule has 136 valence electrons. The molecule has 2 aliphatic rings. The number of hydrogen-bond donors (Lipinski definition) is 2. The van der Waals surface area contributed by atoms with E-state index in [9.17, 15) is 4.79 Å². The number of halogens is 1. The molecule has 1 aliphatic heterocycles. The summed E-state index contributed by atoms with van der Waals surface area (Å²) in [7, 11) is 0. The van der Waals surface area contributed by atoms with E-state index in [0.717, 1.165) is 41.6 Å². The molecule has 0 unspecified atom stereocenters. The maximum atomic E-state index is 12.3. The SMILES string of the molecule is Cc1ncc(NC(=O)c2csc([C@@H]3C[C@H]3NC3CCOCC3)c2)s1.Cl. The Hall–Kier alpha value is -0.990. The first-order chi connectivity index (χ1) is 11.7. The maximum absolute atomic E-state index is 12.3. The highest BCUT2D eigenvalue weighted by atomic mass is 35.5. The summed E-state index contributed by atoms with van der Waals surface area (Å²) in [6.07, 6.45) is 5.10. The van der Waals surface area contributed by atoms with Crippen molar-refractivity contribution in [2.45, 2.75) is 44.2 Å². The van der Waals surface area contributed by atoms with Gasteiger partial charge in [-0.15, -0.1) is 35.1 Å². The van der Waals surface area contributed by atoms with Crippen LogP contribution in [0, 0.1) is 6.92 Å². The topological polar surface area (TPSA) is 63.2 Å². The smallest absolute Gasteiger partial charge is 0.257 e. The summed E-state index contributed by atoms with van der Waals surface area (Å²) in [6, 6.07) is 3.20. The largest absolute Gasteiger partial charge is 0.381 e. The molecule has 0 aromatic carbocycles. The van der Waals surface area contributed by atoms with Crippen molar-refractivity contribution in [3.8, 4) is 0 Å². The van der Waals surface area contributed by atoms with Crippen LogP contribution in [0.2, 0.25) is 0 Å². The quantitative estimate of drug-likeness (QED) is 0.802. The number of nitrogens with zero attached hydrogens (tertiary/aromatic N) is 1. The Bertz CT molecular complexity index is 727. The molecule has 1 aliphatic carbocycles. The van der Waals surface area contributed by atoms with Crippen LogP contribution in [0.15, 0.2) is 17.6 Å². The van der Waals surface area contributed by atoms with E-state index in [1.54, 1.807) is 17.5 Å². The van der Waals surface area contributed by atoms with Crippen molar-refractivity contribution in [1.29, 1.82) is 0 Å². The number of anilines is 1. The Kier molecular flexibility index (Phi) is 6.12. The van der Waals surface area contributed by atoms with Crippen molar-refractivity contribution >= 4 is 46.0 Å². The highest BCUT2D eigenvalue weighted by molar-refractivity contribution is 7.15. The minimum atomic E-state index is -0.0456. The summed E-state index contributed by atoms with van der Waals surface area (Å²) in [4.78, 5) is 17.8. The van der Waals surface area contributed by atoms with E-state index in [0.29, 0.717) is 18.0 Å². The number of thiazole rings is 1. The molecule has 3 heterocycles. The third kappa shape index (κ3) is 4.60. The highest BCUT2D eigenvalue weighted by Crippen LogP contribution is 2.44. The first kappa shape index (κ1) is 18.8. The van der Waals surface area contributed by atoms with Gasteiger partial charge >= 0.3 is 0 Å². The summed E-state index contributed by atoms with van der Waals surface area (Å²) < 4.78 is 5.41. The van der Waals surface area contributed by atoms with E-state index in [2.05, 4.69) is 15.6 Å². The van der Waals surface area contributed by atoms with Gasteiger partial charge in [-0.1, -0.05) is 0 Å². The van der Waals surface area contributed by atoms with Gasteiger partial charge < -0.3 is 15.4 Å². The minimum Gasteiger partial charge on any atom is -0.381 e. The van der Waals surface area contributed by atoms with Crippen molar-refractivity contribution in [3.05, 3.63) is 33.1 Å². The number of ether oxygens (including phenoxy) is 1. The van der Waals surface area contributed by atoms with Crippen LogP contribution in [0.3, 0.4) is 0 Å². The van der Waals surface area contributed by atoms with Gasteiger partial charge in [0, 0.05) is 41.5 Å². The number of aromatic nitrogens is 1. The van der Waals surface area contributed by atoms with Gasteiger partial charge in [-0.2, -0.15) is 0 Å². The van der Waals surface area contributed by atoms with Gasteiger partial charge in [-0.05, 0) is 32.3 Å². The van der Waals surface area contributed by atoms with Crippen molar-refractivity contribution in [2.24, 2.45) is 0 Å². The lowest BCUT2D eigenvalue weighted by Crippen LogP contribution is -2.36. The standard InChI is InChI=1S/C17H21N3O2S2.ClH/c1-10-18-8-16(24-10)20-17(21)11-6-15(23-9-11)13-7-14(13)19-12-2-4-22-5-3-12;/h6,8-9,12-14,19H,2-5,7H2,1H3,(H,20,21);1H/t13-,14-;/m1./s1. The van der Waals surface area contributed by atoms with Crippen LogP contribution < -0.4 is 10.6 Å².